The molecule has 2 aliphatic heterocycles. The van der Waals surface area contributed by atoms with Crippen LogP contribution < -0.4 is 0 Å². The number of halogens is 1. The Kier molecular flexibility index (Phi) is 6.13. The van der Waals surface area contributed by atoms with E-state index in [1.54, 1.807) is 7.11 Å². The summed E-state index contributed by atoms with van der Waals surface area (Å²) >= 11 is 2.57. The monoisotopic (exact) mass is 434 g/mol. The largest absolute Gasteiger partial charge is 0.483 e. The fraction of sp³-hybridized carbons (Fsp3) is 0.882. The van der Waals surface area contributed by atoms with E-state index >= 15 is 0 Å². The molecule has 22 heavy (non-hydrogen) atoms. The summed E-state index contributed by atoms with van der Waals surface area (Å²) in [6, 6.07) is 3.26. The number of hydrogen-bond donors (Lipinski definition) is 0. The van der Waals surface area contributed by atoms with Gasteiger partial charge in [-0.25, -0.2) is 4.99 Å². The summed E-state index contributed by atoms with van der Waals surface area (Å²) in [6.07, 6.45) is 1.12. The van der Waals surface area contributed by atoms with Crippen LogP contribution in [0.1, 0.15) is 27.2 Å². The highest BCUT2D eigenvalue weighted by Gasteiger charge is 2.42. The van der Waals surface area contributed by atoms with Crippen LogP contribution in [0, 0.1) is 17.8 Å². The van der Waals surface area contributed by atoms with Crippen molar-refractivity contribution in [3.05, 3.63) is 0 Å². The van der Waals surface area contributed by atoms with E-state index in [-0.39, 0.29) is 12.1 Å². The van der Waals surface area contributed by atoms with E-state index in [1.807, 2.05) is 0 Å². The molecule has 3 nitrogen and oxygen atoms in total. The number of rotatable bonds is 4. The van der Waals surface area contributed by atoms with Gasteiger partial charge in [-0.2, -0.15) is 0 Å². The third-order valence-corrected chi connectivity index (χ3v) is 9.59. The average Bonchev–Trinajstić information content (AvgIpc) is 2.72. The average molecular weight is 434 g/mol. The topological polar surface area (TPSA) is 34.0 Å². The predicted octanol–water partition coefficient (Wildman–Crippen LogP) is 4.68. The van der Waals surface area contributed by atoms with Crippen LogP contribution in [-0.2, 0) is 4.74 Å². The Balaban J connectivity index is 2.13. The molecule has 0 N–H and O–H groups in total. The minimum Gasteiger partial charge on any atom is -0.483 e. The fourth-order valence-corrected chi connectivity index (χ4v) is 9.85. The van der Waals surface area contributed by atoms with E-state index in [9.17, 15) is 0 Å². The fourth-order valence-electron chi connectivity index (χ4n) is 4.25. The first-order valence-electron chi connectivity index (χ1n) is 8.49. The van der Waals surface area contributed by atoms with Crippen molar-refractivity contribution in [2.24, 2.45) is 27.7 Å². The van der Waals surface area contributed by atoms with Crippen molar-refractivity contribution in [1.29, 1.82) is 0 Å². The van der Waals surface area contributed by atoms with Crippen molar-refractivity contribution in [3.63, 3.8) is 0 Å². The van der Waals surface area contributed by atoms with E-state index in [2.05, 4.69) is 56.5 Å². The van der Waals surface area contributed by atoms with Crippen molar-refractivity contribution >= 4 is 42.3 Å². The highest BCUT2D eigenvalue weighted by Crippen LogP contribution is 2.43. The maximum atomic E-state index is 5.62. The summed E-state index contributed by atoms with van der Waals surface area (Å²) in [5, 5.41) is 0. The smallest absolute Gasteiger partial charge is 0.209 e. The number of ether oxygens (including phenoxy) is 1. The van der Waals surface area contributed by atoms with Crippen LogP contribution in [0.25, 0.3) is 0 Å². The molecule has 0 bridgehead atoms. The number of aliphatic imine (C=N–C) groups is 2. The van der Waals surface area contributed by atoms with Crippen LogP contribution in [0.5, 0.6) is 0 Å². The van der Waals surface area contributed by atoms with Crippen LogP contribution in [0.3, 0.4) is 0 Å². The van der Waals surface area contributed by atoms with Crippen LogP contribution >= 0.6 is 22.6 Å². The van der Waals surface area contributed by atoms with E-state index in [0.29, 0.717) is 5.92 Å². The Bertz CT molecular complexity index is 462. The van der Waals surface area contributed by atoms with Crippen LogP contribution in [0.4, 0.5) is 0 Å². The summed E-state index contributed by atoms with van der Waals surface area (Å²) in [7, 11) is 0.766. The molecule has 0 saturated carbocycles. The Morgan fingerprint density at radius 2 is 1.86 bits per heavy atom. The van der Waals surface area contributed by atoms with Crippen molar-refractivity contribution in [3.8, 4) is 0 Å². The SMILES string of the molecule is COC1=N[C@H](C(C)C)C(C)=N[C@H]1C[C@@H]1C[Si](C)(C)C[C@H]1CI. The van der Waals surface area contributed by atoms with E-state index < -0.39 is 8.07 Å². The first-order valence-corrected chi connectivity index (χ1v) is 13.4. The number of nitrogens with zero attached hydrogens (tertiary/aromatic N) is 2. The molecule has 0 radical (unpaired) electrons. The summed E-state index contributed by atoms with van der Waals surface area (Å²) < 4.78 is 6.90. The molecular weight excluding hydrogens is 403 g/mol. The lowest BCUT2D eigenvalue weighted by atomic mass is 9.90. The van der Waals surface area contributed by atoms with E-state index in [0.717, 1.165) is 24.2 Å². The highest BCUT2D eigenvalue weighted by atomic mass is 127. The Morgan fingerprint density at radius 1 is 1.23 bits per heavy atom. The number of methoxy groups -OCH3 is 1. The zero-order valence-corrected chi connectivity index (χ0v) is 18.1. The second-order valence-corrected chi connectivity index (χ2v) is 14.2. The van der Waals surface area contributed by atoms with Crippen molar-refractivity contribution < 1.29 is 4.74 Å². The molecule has 2 aliphatic rings. The maximum Gasteiger partial charge on any atom is 0.209 e. The molecule has 1 fully saturated rings. The Labute approximate surface area is 150 Å². The van der Waals surface area contributed by atoms with Crippen LogP contribution in [0.2, 0.25) is 25.2 Å². The molecule has 1 saturated heterocycles. The Hall–Kier alpha value is 0.0869. The molecule has 5 heteroatoms. The molecule has 0 aliphatic carbocycles. The van der Waals surface area contributed by atoms with Gasteiger partial charge in [0.25, 0.3) is 0 Å². The first kappa shape index (κ1) is 18.4. The molecular formula is C17H31IN2OSi. The zero-order valence-electron chi connectivity index (χ0n) is 14.9. The predicted molar refractivity (Wildman–Crippen MR) is 108 cm³/mol. The lowest BCUT2D eigenvalue weighted by molar-refractivity contribution is 0.342. The molecule has 0 aromatic rings. The van der Waals surface area contributed by atoms with Gasteiger partial charge in [0.1, 0.15) is 6.04 Å². The van der Waals surface area contributed by atoms with Crippen molar-refractivity contribution in [2.75, 3.05) is 11.5 Å². The van der Waals surface area contributed by atoms with Gasteiger partial charge in [-0.1, -0.05) is 61.6 Å². The van der Waals surface area contributed by atoms with Gasteiger partial charge in [0.2, 0.25) is 5.90 Å². The number of alkyl halides is 1. The third-order valence-electron chi connectivity index (χ3n) is 5.20. The maximum absolute atomic E-state index is 5.62. The first-order chi connectivity index (χ1) is 10.3. The second-order valence-electron chi connectivity index (χ2n) is 8.13. The van der Waals surface area contributed by atoms with E-state index in [1.165, 1.54) is 22.2 Å². The lowest BCUT2D eigenvalue weighted by Crippen LogP contribution is -2.36. The van der Waals surface area contributed by atoms with Crippen LogP contribution in [0.15, 0.2) is 9.98 Å². The van der Waals surface area contributed by atoms with Gasteiger partial charge in [-0.3, -0.25) is 4.99 Å². The second kappa shape index (κ2) is 7.32. The quantitative estimate of drug-likeness (QED) is 0.360. The summed E-state index contributed by atoms with van der Waals surface area (Å²) in [6.45, 7) is 11.6. The van der Waals surface area contributed by atoms with Gasteiger partial charge < -0.3 is 4.74 Å². The molecule has 2 rings (SSSR count). The zero-order chi connectivity index (χ0) is 16.5. The van der Waals surface area contributed by atoms with Gasteiger partial charge in [0, 0.05) is 18.2 Å². The molecule has 126 valence electrons. The van der Waals surface area contributed by atoms with Gasteiger partial charge in [0.15, 0.2) is 0 Å². The van der Waals surface area contributed by atoms with Gasteiger partial charge >= 0.3 is 0 Å². The standard InChI is InChI=1S/C17H31IN2OSi/c1-11(2)16-12(3)19-15(17(20-16)21-4)7-13-9-22(5,6)10-14(13)8-18/h11,13-16H,7-10H2,1-6H3/t13-,14-,15+,16-/m1/s1. The Morgan fingerprint density at radius 3 is 2.41 bits per heavy atom. The van der Waals surface area contributed by atoms with Crippen molar-refractivity contribution in [2.45, 2.75) is 64.5 Å². The lowest BCUT2D eigenvalue weighted by Gasteiger charge is -2.29. The van der Waals surface area contributed by atoms with Crippen LogP contribution in [-0.4, -0.2) is 43.3 Å². The van der Waals surface area contributed by atoms with Crippen molar-refractivity contribution in [1.82, 2.24) is 0 Å². The molecule has 0 amide bonds. The molecule has 0 spiro atoms. The van der Waals surface area contributed by atoms with Gasteiger partial charge in [-0.15, -0.1) is 0 Å². The minimum atomic E-state index is -0.986. The molecule has 4 atom stereocenters. The molecule has 0 unspecified atom stereocenters. The minimum absolute atomic E-state index is 0.151. The third kappa shape index (κ3) is 4.13. The van der Waals surface area contributed by atoms with E-state index in [4.69, 9.17) is 14.7 Å². The summed E-state index contributed by atoms with van der Waals surface area (Å²) in [5.74, 6) is 3.02. The molecule has 2 heterocycles. The summed E-state index contributed by atoms with van der Waals surface area (Å²) in [4.78, 5) is 9.86. The van der Waals surface area contributed by atoms with Gasteiger partial charge in [0.05, 0.1) is 13.2 Å². The normalized spacial score (nSPS) is 34.5. The molecule has 0 aromatic carbocycles. The van der Waals surface area contributed by atoms with Gasteiger partial charge in [-0.05, 0) is 31.1 Å². The molecule has 0 aromatic heterocycles. The summed E-state index contributed by atoms with van der Waals surface area (Å²) in [5.41, 5.74) is 1.18. The highest BCUT2D eigenvalue weighted by molar-refractivity contribution is 14.1. The number of hydrogen-bond acceptors (Lipinski definition) is 3.